The third-order valence-electron chi connectivity index (χ3n) is 3.98. The Bertz CT molecular complexity index is 897. The molecule has 1 amide bonds. The van der Waals surface area contributed by atoms with E-state index in [0.29, 0.717) is 19.0 Å². The van der Waals surface area contributed by atoms with E-state index >= 15 is 0 Å². The van der Waals surface area contributed by atoms with E-state index in [2.05, 4.69) is 10.6 Å². The minimum Gasteiger partial charge on any atom is -0.490 e. The van der Waals surface area contributed by atoms with Crippen LogP contribution in [0.25, 0.3) is 0 Å². The van der Waals surface area contributed by atoms with Crippen LogP contribution in [0, 0.1) is 6.92 Å². The largest absolute Gasteiger partial charge is 0.490 e. The molecular formula is C23H24N2O3. The van der Waals surface area contributed by atoms with Gasteiger partial charge in [0.15, 0.2) is 0 Å². The molecule has 3 aromatic carbocycles. The van der Waals surface area contributed by atoms with Gasteiger partial charge in [0.1, 0.15) is 24.7 Å². The van der Waals surface area contributed by atoms with E-state index in [0.717, 1.165) is 22.7 Å². The summed E-state index contributed by atoms with van der Waals surface area (Å²) in [5, 5.41) is 6.01. The molecule has 0 heterocycles. The smallest absolute Gasteiger partial charge is 0.243 e. The lowest BCUT2D eigenvalue weighted by atomic mass is 10.2. The maximum Gasteiger partial charge on any atom is 0.243 e. The van der Waals surface area contributed by atoms with Crippen molar-refractivity contribution in [3.63, 3.8) is 0 Å². The van der Waals surface area contributed by atoms with E-state index in [1.54, 1.807) is 0 Å². The van der Waals surface area contributed by atoms with Gasteiger partial charge < -0.3 is 20.1 Å². The summed E-state index contributed by atoms with van der Waals surface area (Å²) < 4.78 is 11.4. The van der Waals surface area contributed by atoms with Gasteiger partial charge in [0, 0.05) is 5.69 Å². The number of para-hydroxylation sites is 3. The first-order valence-electron chi connectivity index (χ1n) is 9.21. The lowest BCUT2D eigenvalue weighted by molar-refractivity contribution is -0.114. The second kappa shape index (κ2) is 10.0. The van der Waals surface area contributed by atoms with Crippen molar-refractivity contribution in [3.8, 4) is 11.5 Å². The molecule has 0 saturated heterocycles. The van der Waals surface area contributed by atoms with E-state index in [9.17, 15) is 4.79 Å². The van der Waals surface area contributed by atoms with Crippen molar-refractivity contribution in [1.29, 1.82) is 0 Å². The van der Waals surface area contributed by atoms with Crippen molar-refractivity contribution in [2.45, 2.75) is 6.92 Å². The lowest BCUT2D eigenvalue weighted by Crippen LogP contribution is -2.22. The Hall–Kier alpha value is -3.47. The number of aryl methyl sites for hydroxylation is 1. The average Bonchev–Trinajstić information content (AvgIpc) is 2.71. The summed E-state index contributed by atoms with van der Waals surface area (Å²) in [6, 6.07) is 24.9. The highest BCUT2D eigenvalue weighted by molar-refractivity contribution is 5.94. The molecule has 0 fully saturated rings. The fourth-order valence-corrected chi connectivity index (χ4v) is 2.67. The van der Waals surface area contributed by atoms with Gasteiger partial charge in [-0.2, -0.15) is 0 Å². The third kappa shape index (κ3) is 6.06. The van der Waals surface area contributed by atoms with E-state index in [1.807, 2.05) is 85.8 Å². The molecule has 0 aromatic heterocycles. The monoisotopic (exact) mass is 376 g/mol. The Kier molecular flexibility index (Phi) is 6.90. The van der Waals surface area contributed by atoms with Gasteiger partial charge in [-0.15, -0.1) is 0 Å². The quantitative estimate of drug-likeness (QED) is 0.540. The molecule has 144 valence electrons. The van der Waals surface area contributed by atoms with E-state index in [-0.39, 0.29) is 12.5 Å². The summed E-state index contributed by atoms with van der Waals surface area (Å²) in [6.07, 6.45) is 0. The molecule has 0 aliphatic heterocycles. The maximum absolute atomic E-state index is 12.2. The first-order valence-corrected chi connectivity index (χ1v) is 9.21. The number of hydrogen-bond donors (Lipinski definition) is 2. The number of benzene rings is 3. The summed E-state index contributed by atoms with van der Waals surface area (Å²) in [5.41, 5.74) is 2.65. The van der Waals surface area contributed by atoms with Gasteiger partial charge in [-0.1, -0.05) is 42.5 Å². The molecular weight excluding hydrogens is 352 g/mol. The Morgan fingerprint density at radius 3 is 2.43 bits per heavy atom. The third-order valence-corrected chi connectivity index (χ3v) is 3.98. The van der Waals surface area contributed by atoms with Gasteiger partial charge >= 0.3 is 0 Å². The molecule has 0 aliphatic carbocycles. The second-order valence-electron chi connectivity index (χ2n) is 6.28. The van der Waals surface area contributed by atoms with Gasteiger partial charge in [-0.25, -0.2) is 0 Å². The molecule has 5 nitrogen and oxygen atoms in total. The zero-order chi connectivity index (χ0) is 19.6. The fourth-order valence-electron chi connectivity index (χ4n) is 2.67. The Labute approximate surface area is 165 Å². The number of rotatable bonds is 9. The van der Waals surface area contributed by atoms with Crippen molar-refractivity contribution in [2.75, 3.05) is 30.4 Å². The zero-order valence-electron chi connectivity index (χ0n) is 15.9. The summed E-state index contributed by atoms with van der Waals surface area (Å²) in [7, 11) is 0. The summed E-state index contributed by atoms with van der Waals surface area (Å²) in [6.45, 7) is 2.98. The van der Waals surface area contributed by atoms with Crippen molar-refractivity contribution < 1.29 is 14.3 Å². The van der Waals surface area contributed by atoms with Crippen molar-refractivity contribution in [2.24, 2.45) is 0 Å². The van der Waals surface area contributed by atoms with Crippen LogP contribution in [0.2, 0.25) is 0 Å². The van der Waals surface area contributed by atoms with Gasteiger partial charge in [0.25, 0.3) is 0 Å². The van der Waals surface area contributed by atoms with Crippen molar-refractivity contribution >= 4 is 17.3 Å². The molecule has 0 bridgehead atoms. The normalized spacial score (nSPS) is 10.2. The van der Waals surface area contributed by atoms with Gasteiger partial charge in [0.05, 0.1) is 12.2 Å². The minimum absolute atomic E-state index is 0.118. The molecule has 5 heteroatoms. The number of carbonyl (C=O) groups excluding carboxylic acids is 1. The lowest BCUT2D eigenvalue weighted by Gasteiger charge is -2.14. The highest BCUT2D eigenvalue weighted by atomic mass is 16.5. The van der Waals surface area contributed by atoms with E-state index in [1.165, 1.54) is 0 Å². The Morgan fingerprint density at radius 1 is 0.857 bits per heavy atom. The first-order chi connectivity index (χ1) is 13.7. The summed E-state index contributed by atoms with van der Waals surface area (Å²) in [4.78, 5) is 12.2. The van der Waals surface area contributed by atoms with Gasteiger partial charge in [-0.3, -0.25) is 4.79 Å². The molecule has 3 aromatic rings. The van der Waals surface area contributed by atoms with Crippen LogP contribution in [0.15, 0.2) is 78.9 Å². The number of carbonyl (C=O) groups is 1. The number of amides is 1. The Balaban J connectivity index is 1.47. The molecule has 0 unspecified atom stereocenters. The molecule has 28 heavy (non-hydrogen) atoms. The maximum atomic E-state index is 12.2. The molecule has 0 atom stereocenters. The Morgan fingerprint density at radius 2 is 1.61 bits per heavy atom. The first kappa shape index (κ1) is 19.3. The van der Waals surface area contributed by atoms with Crippen LogP contribution < -0.4 is 20.1 Å². The SMILES string of the molecule is Cc1cccc(NC(=O)CNc2ccccc2OCCOc2ccccc2)c1. The van der Waals surface area contributed by atoms with Crippen LogP contribution in [0.5, 0.6) is 11.5 Å². The summed E-state index contributed by atoms with van der Waals surface area (Å²) in [5.74, 6) is 1.38. The van der Waals surface area contributed by atoms with Crippen molar-refractivity contribution in [3.05, 3.63) is 84.4 Å². The van der Waals surface area contributed by atoms with E-state index in [4.69, 9.17) is 9.47 Å². The van der Waals surface area contributed by atoms with Gasteiger partial charge in [-0.05, 0) is 48.9 Å². The van der Waals surface area contributed by atoms with E-state index < -0.39 is 0 Å². The minimum atomic E-state index is -0.118. The number of hydrogen-bond acceptors (Lipinski definition) is 4. The fraction of sp³-hybridized carbons (Fsp3) is 0.174. The number of nitrogens with one attached hydrogen (secondary N) is 2. The summed E-state index contributed by atoms with van der Waals surface area (Å²) >= 11 is 0. The predicted molar refractivity (Wildman–Crippen MR) is 112 cm³/mol. The predicted octanol–water partition coefficient (Wildman–Crippen LogP) is 4.50. The molecule has 0 aliphatic rings. The second-order valence-corrected chi connectivity index (χ2v) is 6.28. The molecule has 0 saturated carbocycles. The van der Waals surface area contributed by atoms with Crippen LogP contribution in [0.4, 0.5) is 11.4 Å². The number of ether oxygens (including phenoxy) is 2. The van der Waals surface area contributed by atoms with Crippen molar-refractivity contribution in [1.82, 2.24) is 0 Å². The van der Waals surface area contributed by atoms with Crippen LogP contribution in [-0.2, 0) is 4.79 Å². The van der Waals surface area contributed by atoms with Crippen LogP contribution in [-0.4, -0.2) is 25.7 Å². The average molecular weight is 376 g/mol. The van der Waals surface area contributed by atoms with Crippen LogP contribution in [0.1, 0.15) is 5.56 Å². The highest BCUT2D eigenvalue weighted by Gasteiger charge is 2.06. The van der Waals surface area contributed by atoms with Crippen LogP contribution in [0.3, 0.4) is 0 Å². The topological polar surface area (TPSA) is 59.6 Å². The molecule has 0 radical (unpaired) electrons. The zero-order valence-corrected chi connectivity index (χ0v) is 15.9. The molecule has 3 rings (SSSR count). The van der Waals surface area contributed by atoms with Crippen LogP contribution >= 0.6 is 0 Å². The molecule has 2 N–H and O–H groups in total. The number of anilines is 2. The van der Waals surface area contributed by atoms with Gasteiger partial charge in [0.2, 0.25) is 5.91 Å². The molecule has 0 spiro atoms. The highest BCUT2D eigenvalue weighted by Crippen LogP contribution is 2.23. The standard InChI is InChI=1S/C23H24N2O3/c1-18-8-7-9-19(16-18)25-23(26)17-24-21-12-5-6-13-22(21)28-15-14-27-20-10-3-2-4-11-20/h2-13,16,24H,14-15,17H2,1H3,(H,25,26).